The van der Waals surface area contributed by atoms with Gasteiger partial charge in [-0.05, 0) is 17.3 Å². The minimum Gasteiger partial charge on any atom is -0.0933 e. The highest BCUT2D eigenvalue weighted by atomic mass is 35.5. The van der Waals surface area contributed by atoms with Gasteiger partial charge in [0.1, 0.15) is 0 Å². The number of allylic oxidation sites excluding steroid dienone is 1. The lowest BCUT2D eigenvalue weighted by molar-refractivity contribution is 0.262. The Hall–Kier alpha value is 0.0300. The lowest BCUT2D eigenvalue weighted by atomic mass is 9.76. The van der Waals surface area contributed by atoms with E-state index in [2.05, 4.69) is 40.7 Å². The van der Waals surface area contributed by atoms with Crippen LogP contribution in [0.5, 0.6) is 0 Å². The van der Waals surface area contributed by atoms with Gasteiger partial charge in [-0.1, -0.05) is 52.3 Å². The number of rotatable bonds is 2. The van der Waals surface area contributed by atoms with Crippen LogP contribution in [0.1, 0.15) is 41.0 Å². The van der Waals surface area contributed by atoms with Crippen molar-refractivity contribution in [2.45, 2.75) is 41.0 Å². The second kappa shape index (κ2) is 3.62. The van der Waals surface area contributed by atoms with E-state index in [1.807, 2.05) is 0 Å². The molecule has 0 nitrogen and oxygen atoms in total. The summed E-state index contributed by atoms with van der Waals surface area (Å²) >= 11 is 5.53. The Balaban J connectivity index is 4.13. The summed E-state index contributed by atoms with van der Waals surface area (Å²) in [6.07, 6.45) is 3.21. The van der Waals surface area contributed by atoms with Crippen LogP contribution in [0.3, 0.4) is 0 Å². The van der Waals surface area contributed by atoms with E-state index in [9.17, 15) is 0 Å². The maximum absolute atomic E-state index is 5.53. The predicted octanol–water partition coefficient (Wildman–Crippen LogP) is 4.20. The van der Waals surface area contributed by atoms with Gasteiger partial charge in [-0.25, -0.2) is 0 Å². The van der Waals surface area contributed by atoms with Gasteiger partial charge in [-0.15, -0.1) is 0 Å². The van der Waals surface area contributed by atoms with Crippen molar-refractivity contribution >= 4 is 11.6 Å². The lowest BCUT2D eigenvalue weighted by Gasteiger charge is -2.29. The first kappa shape index (κ1) is 11.0. The van der Waals surface area contributed by atoms with Gasteiger partial charge in [0.15, 0.2) is 0 Å². The summed E-state index contributed by atoms with van der Waals surface area (Å²) in [5.74, 6) is 0. The average Bonchev–Trinajstić information content (AvgIpc) is 1.55. The van der Waals surface area contributed by atoms with E-state index in [0.29, 0.717) is 5.41 Å². The summed E-state index contributed by atoms with van der Waals surface area (Å²) in [6, 6.07) is 0. The molecule has 0 heterocycles. The Bertz CT molecular complexity index is 137. The van der Waals surface area contributed by atoms with Gasteiger partial charge in [-0.2, -0.15) is 0 Å². The highest BCUT2D eigenvalue weighted by Gasteiger charge is 2.22. The van der Waals surface area contributed by atoms with Crippen molar-refractivity contribution in [1.82, 2.24) is 0 Å². The molecule has 0 amide bonds. The molecule has 0 aliphatic heterocycles. The second-order valence-corrected chi connectivity index (χ2v) is 5.27. The van der Waals surface area contributed by atoms with E-state index in [4.69, 9.17) is 11.6 Å². The molecule has 0 atom stereocenters. The molecule has 1 heteroatoms. The molecule has 0 bridgehead atoms. The summed E-state index contributed by atoms with van der Waals surface area (Å²) in [7, 11) is 0. The number of hydrogen-bond donors (Lipinski definition) is 0. The van der Waals surface area contributed by atoms with Gasteiger partial charge in [0.2, 0.25) is 0 Å². The second-order valence-electron chi connectivity index (χ2n) is 5.02. The molecule has 66 valence electrons. The van der Waals surface area contributed by atoms with E-state index < -0.39 is 0 Å². The Kier molecular flexibility index (Phi) is 3.63. The summed E-state index contributed by atoms with van der Waals surface area (Å²) in [4.78, 5) is 0. The van der Waals surface area contributed by atoms with Crippen molar-refractivity contribution in [3.8, 4) is 0 Å². The Labute approximate surface area is 75.6 Å². The molecular formula is C10H19Cl. The van der Waals surface area contributed by atoms with Crippen LogP contribution >= 0.6 is 11.6 Å². The summed E-state index contributed by atoms with van der Waals surface area (Å²) in [5.41, 5.74) is 2.21. The normalized spacial score (nSPS) is 14.4. The predicted molar refractivity (Wildman–Crippen MR) is 52.8 cm³/mol. The minimum atomic E-state index is 0.222. The van der Waals surface area contributed by atoms with Crippen molar-refractivity contribution in [1.29, 1.82) is 0 Å². The van der Waals surface area contributed by atoms with Crippen LogP contribution in [-0.2, 0) is 0 Å². The fourth-order valence-corrected chi connectivity index (χ4v) is 1.94. The first-order valence-electron chi connectivity index (χ1n) is 4.05. The maximum atomic E-state index is 5.53. The van der Waals surface area contributed by atoms with E-state index in [-0.39, 0.29) is 5.41 Å². The quantitative estimate of drug-likeness (QED) is 0.589. The number of hydrogen-bond acceptors (Lipinski definition) is 0. The topological polar surface area (TPSA) is 0 Å². The van der Waals surface area contributed by atoms with Gasteiger partial charge in [0.05, 0.1) is 0 Å². The van der Waals surface area contributed by atoms with Gasteiger partial charge in [0, 0.05) is 5.54 Å². The van der Waals surface area contributed by atoms with Crippen LogP contribution in [0, 0.1) is 10.8 Å². The SMILES string of the molecule is CC(C)(C)CC(C)(C)/C=C/Cl. The van der Waals surface area contributed by atoms with Crippen LogP contribution < -0.4 is 0 Å². The molecule has 11 heavy (non-hydrogen) atoms. The molecule has 0 N–H and O–H groups in total. The van der Waals surface area contributed by atoms with E-state index in [0.717, 1.165) is 6.42 Å². The van der Waals surface area contributed by atoms with Crippen molar-refractivity contribution in [3.63, 3.8) is 0 Å². The zero-order valence-electron chi connectivity index (χ0n) is 8.24. The van der Waals surface area contributed by atoms with Crippen molar-refractivity contribution < 1.29 is 0 Å². The van der Waals surface area contributed by atoms with Crippen LogP contribution in [-0.4, -0.2) is 0 Å². The largest absolute Gasteiger partial charge is 0.0933 e. The average molecular weight is 175 g/mol. The molecule has 0 aromatic rings. The minimum absolute atomic E-state index is 0.222. The smallest absolute Gasteiger partial charge is 0.000785 e. The lowest BCUT2D eigenvalue weighted by Crippen LogP contribution is -2.18. The molecule has 0 aromatic carbocycles. The summed E-state index contributed by atoms with van der Waals surface area (Å²) in [5, 5.41) is 0. The highest BCUT2D eigenvalue weighted by Crippen LogP contribution is 2.34. The third kappa shape index (κ3) is 6.43. The standard InChI is InChI=1S/C10H19Cl/c1-9(2,3)8-10(4,5)6-7-11/h6-7H,8H2,1-5H3/b7-6+. The maximum Gasteiger partial charge on any atom is 0.000785 e. The molecule has 0 unspecified atom stereocenters. The van der Waals surface area contributed by atoms with E-state index >= 15 is 0 Å². The first-order valence-corrected chi connectivity index (χ1v) is 4.48. The fourth-order valence-electron chi connectivity index (χ4n) is 1.60. The first-order chi connectivity index (χ1) is 4.77. The Morgan fingerprint density at radius 1 is 1.09 bits per heavy atom. The van der Waals surface area contributed by atoms with Crippen molar-refractivity contribution in [2.24, 2.45) is 10.8 Å². The molecule has 0 fully saturated rings. The zero-order chi connectivity index (χ0) is 9.12. The summed E-state index contributed by atoms with van der Waals surface area (Å²) in [6.45, 7) is 11.2. The molecular weight excluding hydrogens is 156 g/mol. The van der Waals surface area contributed by atoms with Crippen LogP contribution in [0.15, 0.2) is 11.6 Å². The van der Waals surface area contributed by atoms with Crippen LogP contribution in [0.4, 0.5) is 0 Å². The molecule has 0 saturated carbocycles. The fraction of sp³-hybridized carbons (Fsp3) is 0.800. The van der Waals surface area contributed by atoms with Gasteiger partial charge >= 0.3 is 0 Å². The van der Waals surface area contributed by atoms with Crippen molar-refractivity contribution in [3.05, 3.63) is 11.6 Å². The molecule has 0 aromatic heterocycles. The van der Waals surface area contributed by atoms with Gasteiger partial charge in [-0.3, -0.25) is 0 Å². The molecule has 0 spiro atoms. The molecule has 0 aliphatic carbocycles. The van der Waals surface area contributed by atoms with Crippen LogP contribution in [0.25, 0.3) is 0 Å². The highest BCUT2D eigenvalue weighted by molar-refractivity contribution is 6.25. The third-order valence-corrected chi connectivity index (χ3v) is 1.63. The van der Waals surface area contributed by atoms with Gasteiger partial charge in [0.25, 0.3) is 0 Å². The Morgan fingerprint density at radius 3 is 1.82 bits per heavy atom. The van der Waals surface area contributed by atoms with E-state index in [1.54, 1.807) is 5.54 Å². The number of halogens is 1. The summed E-state index contributed by atoms with van der Waals surface area (Å²) < 4.78 is 0. The van der Waals surface area contributed by atoms with Crippen molar-refractivity contribution in [2.75, 3.05) is 0 Å². The van der Waals surface area contributed by atoms with Gasteiger partial charge < -0.3 is 0 Å². The third-order valence-electron chi connectivity index (χ3n) is 1.50. The zero-order valence-corrected chi connectivity index (χ0v) is 9.00. The molecule has 0 rings (SSSR count). The van der Waals surface area contributed by atoms with Crippen LogP contribution in [0.2, 0.25) is 0 Å². The monoisotopic (exact) mass is 174 g/mol. The molecule has 0 aliphatic rings. The Morgan fingerprint density at radius 2 is 1.55 bits per heavy atom. The van der Waals surface area contributed by atoms with E-state index in [1.165, 1.54) is 0 Å². The molecule has 0 radical (unpaired) electrons. The molecule has 0 saturated heterocycles.